The topological polar surface area (TPSA) is 111 Å². The van der Waals surface area contributed by atoms with E-state index in [1.807, 2.05) is 19.1 Å². The number of hydrogen-bond acceptors (Lipinski definition) is 10. The molecule has 4 heterocycles. The van der Waals surface area contributed by atoms with E-state index in [1.54, 1.807) is 24.3 Å². The van der Waals surface area contributed by atoms with Crippen molar-refractivity contribution in [3.63, 3.8) is 0 Å². The van der Waals surface area contributed by atoms with Crippen LogP contribution in [0.4, 0.5) is 6.01 Å². The second-order valence-electron chi connectivity index (χ2n) is 9.52. The fourth-order valence-electron chi connectivity index (χ4n) is 4.15. The monoisotopic (exact) mass is 539 g/mol. The molecule has 194 valence electrons. The summed E-state index contributed by atoms with van der Waals surface area (Å²) < 4.78 is 35.0. The molecule has 37 heavy (non-hydrogen) atoms. The molecule has 0 saturated carbocycles. The minimum atomic E-state index is -3.23. The molecule has 4 aromatic rings. The molecular formula is C26H29N5O4S2. The van der Waals surface area contributed by atoms with Crippen LogP contribution in [0.15, 0.2) is 57.5 Å². The van der Waals surface area contributed by atoms with Crippen LogP contribution in [0.3, 0.4) is 0 Å². The Hall–Kier alpha value is -3.31. The second-order valence-corrected chi connectivity index (χ2v) is 12.5. The van der Waals surface area contributed by atoms with Crippen LogP contribution in [-0.2, 0) is 9.84 Å². The van der Waals surface area contributed by atoms with Crippen LogP contribution in [-0.4, -0.2) is 54.0 Å². The van der Waals surface area contributed by atoms with Gasteiger partial charge in [-0.05, 0) is 50.1 Å². The van der Waals surface area contributed by atoms with Crippen LogP contribution in [0.1, 0.15) is 45.4 Å². The summed E-state index contributed by atoms with van der Waals surface area (Å²) in [7, 11) is -3.23. The van der Waals surface area contributed by atoms with Gasteiger partial charge < -0.3 is 14.2 Å². The van der Waals surface area contributed by atoms with E-state index in [1.165, 1.54) is 23.2 Å². The summed E-state index contributed by atoms with van der Waals surface area (Å²) in [5.41, 5.74) is 3.71. The number of hydrogen-bond donors (Lipinski definition) is 0. The Morgan fingerprint density at radius 2 is 1.76 bits per heavy atom. The van der Waals surface area contributed by atoms with Gasteiger partial charge in [-0.2, -0.15) is 4.98 Å². The number of aromatic nitrogens is 4. The van der Waals surface area contributed by atoms with Gasteiger partial charge in [0.1, 0.15) is 16.5 Å². The van der Waals surface area contributed by atoms with Gasteiger partial charge >= 0.3 is 6.01 Å². The summed E-state index contributed by atoms with van der Waals surface area (Å²) in [6.45, 7) is 7.78. The standard InChI is InChI=1S/C26H29N5O4S2/c1-16(2)23-29-25(35-30-23)31-13-11-18(12-14-31)15-17(3)34-26-28-22-10-9-21(27-24(22)36-26)19-5-7-20(8-6-19)37(4,32)33/h5-10,15-17H,11-14H2,1-4H3. The summed E-state index contributed by atoms with van der Waals surface area (Å²) in [4.78, 5) is 17.0. The summed E-state index contributed by atoms with van der Waals surface area (Å²) >= 11 is 1.40. The Morgan fingerprint density at radius 3 is 2.41 bits per heavy atom. The molecule has 9 nitrogen and oxygen atoms in total. The third kappa shape index (κ3) is 5.83. The number of sulfone groups is 1. The van der Waals surface area contributed by atoms with Crippen molar-refractivity contribution < 1.29 is 17.7 Å². The van der Waals surface area contributed by atoms with Crippen molar-refractivity contribution in [3.8, 4) is 16.5 Å². The van der Waals surface area contributed by atoms with E-state index >= 15 is 0 Å². The summed E-state index contributed by atoms with van der Waals surface area (Å²) in [6, 6.07) is 11.1. The number of rotatable bonds is 7. The maximum atomic E-state index is 11.7. The van der Waals surface area contributed by atoms with E-state index in [9.17, 15) is 8.42 Å². The smallest absolute Gasteiger partial charge is 0.324 e. The lowest BCUT2D eigenvalue weighted by atomic mass is 10.0. The van der Waals surface area contributed by atoms with Crippen LogP contribution in [0.5, 0.6) is 5.19 Å². The zero-order valence-electron chi connectivity index (χ0n) is 21.2. The molecule has 3 aromatic heterocycles. The Morgan fingerprint density at radius 1 is 1.03 bits per heavy atom. The molecule has 1 atom stereocenters. The molecule has 1 aliphatic rings. The van der Waals surface area contributed by atoms with Crippen LogP contribution >= 0.6 is 11.3 Å². The van der Waals surface area contributed by atoms with Gasteiger partial charge in [0.2, 0.25) is 0 Å². The number of fused-ring (bicyclic) bond motifs is 1. The lowest BCUT2D eigenvalue weighted by Gasteiger charge is -2.27. The molecule has 5 rings (SSSR count). The van der Waals surface area contributed by atoms with Crippen LogP contribution in [0.2, 0.25) is 0 Å². The van der Waals surface area contributed by atoms with Crippen molar-refractivity contribution >= 4 is 37.5 Å². The third-order valence-electron chi connectivity index (χ3n) is 6.19. The zero-order chi connectivity index (χ0) is 26.2. The third-order valence-corrected chi connectivity index (χ3v) is 8.18. The fourth-order valence-corrected chi connectivity index (χ4v) is 5.65. The predicted molar refractivity (Wildman–Crippen MR) is 144 cm³/mol. The van der Waals surface area contributed by atoms with Crippen molar-refractivity contribution in [2.24, 2.45) is 0 Å². The average molecular weight is 540 g/mol. The quantitative estimate of drug-likeness (QED) is 0.290. The van der Waals surface area contributed by atoms with E-state index in [4.69, 9.17) is 14.2 Å². The number of thiazole rings is 1. The summed E-state index contributed by atoms with van der Waals surface area (Å²) in [5.74, 6) is 0.981. The highest BCUT2D eigenvalue weighted by molar-refractivity contribution is 7.90. The normalized spacial score (nSPS) is 15.4. The molecule has 1 aliphatic heterocycles. The molecule has 0 spiro atoms. The van der Waals surface area contributed by atoms with Crippen LogP contribution in [0.25, 0.3) is 21.6 Å². The highest BCUT2D eigenvalue weighted by atomic mass is 32.2. The molecule has 1 unspecified atom stereocenters. The van der Waals surface area contributed by atoms with Crippen molar-refractivity contribution in [1.82, 2.24) is 20.1 Å². The molecular weight excluding hydrogens is 510 g/mol. The van der Waals surface area contributed by atoms with E-state index in [0.717, 1.165) is 53.4 Å². The number of piperidine rings is 1. The van der Waals surface area contributed by atoms with Gasteiger partial charge in [-0.25, -0.2) is 18.4 Å². The first-order chi connectivity index (χ1) is 17.7. The Balaban J connectivity index is 1.22. The predicted octanol–water partition coefficient (Wildman–Crippen LogP) is 5.26. The first kappa shape index (κ1) is 25.3. The highest BCUT2D eigenvalue weighted by Crippen LogP contribution is 2.31. The average Bonchev–Trinajstić information content (AvgIpc) is 3.51. The Labute approximate surface area is 220 Å². The van der Waals surface area contributed by atoms with Crippen molar-refractivity contribution in [1.29, 1.82) is 0 Å². The van der Waals surface area contributed by atoms with Gasteiger partial charge in [0.15, 0.2) is 15.7 Å². The van der Waals surface area contributed by atoms with Crippen molar-refractivity contribution in [2.75, 3.05) is 24.2 Å². The lowest BCUT2D eigenvalue weighted by molar-refractivity contribution is 0.267. The summed E-state index contributed by atoms with van der Waals surface area (Å²) in [6.07, 6.45) is 5.06. The molecule has 11 heteroatoms. The number of ether oxygens (including phenoxy) is 1. The van der Waals surface area contributed by atoms with Gasteiger partial charge in [0.25, 0.3) is 5.19 Å². The molecule has 1 aromatic carbocycles. The first-order valence-corrected chi connectivity index (χ1v) is 14.9. The van der Waals surface area contributed by atoms with Gasteiger partial charge in [-0.3, -0.25) is 0 Å². The van der Waals surface area contributed by atoms with Gasteiger partial charge in [0, 0.05) is 30.8 Å². The van der Waals surface area contributed by atoms with Crippen molar-refractivity contribution in [3.05, 3.63) is 53.9 Å². The molecule has 1 saturated heterocycles. The van der Waals surface area contributed by atoms with Crippen LogP contribution in [0, 0.1) is 0 Å². The highest BCUT2D eigenvalue weighted by Gasteiger charge is 2.21. The molecule has 1 fully saturated rings. The minimum Gasteiger partial charge on any atom is -0.463 e. The molecule has 0 N–H and O–H groups in total. The van der Waals surface area contributed by atoms with Gasteiger partial charge in [0.05, 0.1) is 10.6 Å². The zero-order valence-corrected chi connectivity index (χ0v) is 22.8. The molecule has 0 aliphatic carbocycles. The lowest BCUT2D eigenvalue weighted by Crippen LogP contribution is -2.31. The van der Waals surface area contributed by atoms with Gasteiger partial charge in [-0.15, -0.1) is 0 Å². The van der Waals surface area contributed by atoms with Gasteiger partial charge in [-0.1, -0.05) is 48.0 Å². The Kier molecular flexibility index (Phi) is 7.00. The summed E-state index contributed by atoms with van der Waals surface area (Å²) in [5, 5.41) is 4.63. The Bertz CT molecular complexity index is 1530. The van der Waals surface area contributed by atoms with E-state index in [2.05, 4.69) is 39.9 Å². The minimum absolute atomic E-state index is 0.124. The van der Waals surface area contributed by atoms with Crippen molar-refractivity contribution in [2.45, 2.75) is 50.5 Å². The second kappa shape index (κ2) is 10.2. The number of pyridine rings is 1. The van der Waals surface area contributed by atoms with Crippen LogP contribution < -0.4 is 9.64 Å². The van der Waals surface area contributed by atoms with E-state index in [0.29, 0.717) is 11.2 Å². The maximum Gasteiger partial charge on any atom is 0.324 e. The SMILES string of the molecule is CC(C=C1CCN(c2nc(C(C)C)no2)CC1)Oc1nc2ccc(-c3ccc(S(C)(=O)=O)cc3)nc2s1. The maximum absolute atomic E-state index is 11.7. The number of nitrogens with zero attached hydrogens (tertiary/aromatic N) is 5. The number of anilines is 1. The van der Waals surface area contributed by atoms with E-state index in [-0.39, 0.29) is 16.9 Å². The van der Waals surface area contributed by atoms with E-state index < -0.39 is 9.84 Å². The largest absolute Gasteiger partial charge is 0.463 e. The molecule has 0 amide bonds. The molecule has 0 bridgehead atoms. The molecule has 0 radical (unpaired) electrons. The first-order valence-electron chi connectivity index (χ1n) is 12.2. The fraction of sp³-hybridized carbons (Fsp3) is 0.385. The number of benzene rings is 1.